The Morgan fingerprint density at radius 2 is 0.975 bits per heavy atom. The van der Waals surface area contributed by atoms with E-state index in [1.54, 1.807) is 0 Å². The van der Waals surface area contributed by atoms with Gasteiger partial charge >= 0.3 is 35.5 Å². The van der Waals surface area contributed by atoms with Crippen molar-refractivity contribution in [3.05, 3.63) is 56.6 Å². The predicted molar refractivity (Wildman–Crippen MR) is 116 cm³/mol. The monoisotopic (exact) mass is 590 g/mol. The minimum atomic E-state index is -7.24. The van der Waals surface area contributed by atoms with Crippen molar-refractivity contribution in [3.8, 4) is 11.5 Å². The van der Waals surface area contributed by atoms with Crippen LogP contribution in [0.2, 0.25) is 0 Å². The molecule has 0 spiro atoms. The molecule has 0 radical (unpaired) electrons. The molecule has 0 fully saturated rings. The number of anilines is 2. The fourth-order valence-corrected chi connectivity index (χ4v) is 2.87. The van der Waals surface area contributed by atoms with E-state index in [4.69, 9.17) is 0 Å². The summed E-state index contributed by atoms with van der Waals surface area (Å²) in [5.41, 5.74) is -3.39. The Hall–Kier alpha value is -4.78. The second-order valence-corrected chi connectivity index (χ2v) is 7.49. The zero-order chi connectivity index (χ0) is 30.8. The fourth-order valence-electron chi connectivity index (χ4n) is 2.87. The van der Waals surface area contributed by atoms with Gasteiger partial charge in [-0.05, 0) is 12.1 Å². The summed E-state index contributed by atoms with van der Waals surface area (Å²) in [6.45, 7) is 0. The molecule has 2 N–H and O–H groups in total. The lowest BCUT2D eigenvalue weighted by Gasteiger charge is -2.35. The topological polar surface area (TPSA) is 163 Å². The first-order chi connectivity index (χ1) is 18.3. The second kappa shape index (κ2) is 10.8. The lowest BCUT2D eigenvalue weighted by Crippen LogP contribution is -2.67. The summed E-state index contributed by atoms with van der Waals surface area (Å²) in [5, 5.41) is 23.6. The number of hydrogen-bond donors (Lipinski definition) is 2. The maximum atomic E-state index is 14.3. The van der Waals surface area contributed by atoms with Crippen molar-refractivity contribution in [1.82, 2.24) is 0 Å². The lowest BCUT2D eigenvalue weighted by atomic mass is 9.97. The smallest absolute Gasteiger partial charge is 0.393 e. The number of carbonyl (C=O) groups is 2. The van der Waals surface area contributed by atoms with Gasteiger partial charge in [0.2, 0.25) is 0 Å². The molecule has 2 rings (SSSR count). The molecule has 2 aromatic carbocycles. The molecule has 0 aliphatic rings. The van der Waals surface area contributed by atoms with Crippen molar-refractivity contribution in [2.24, 2.45) is 0 Å². The average molecular weight is 590 g/mol. The lowest BCUT2D eigenvalue weighted by molar-refractivity contribution is -0.385. The Bertz CT molecular complexity index is 1250. The van der Waals surface area contributed by atoms with Crippen molar-refractivity contribution in [3.63, 3.8) is 0 Å². The van der Waals surface area contributed by atoms with E-state index in [9.17, 15) is 64.9 Å². The van der Waals surface area contributed by atoms with Crippen LogP contribution < -0.4 is 20.1 Å². The molecule has 218 valence electrons. The summed E-state index contributed by atoms with van der Waals surface area (Å²) in [4.78, 5) is 43.3. The summed E-state index contributed by atoms with van der Waals surface area (Å²) < 4.78 is 124. The third kappa shape index (κ3) is 5.36. The average Bonchev–Trinajstić information content (AvgIpc) is 2.88. The van der Waals surface area contributed by atoms with Crippen LogP contribution >= 0.6 is 0 Å². The van der Waals surface area contributed by atoms with Gasteiger partial charge in [-0.3, -0.25) is 29.8 Å². The molecule has 0 unspecified atom stereocenters. The van der Waals surface area contributed by atoms with E-state index in [0.717, 1.165) is 24.9 Å². The van der Waals surface area contributed by atoms with Crippen LogP contribution in [0.5, 0.6) is 11.5 Å². The summed E-state index contributed by atoms with van der Waals surface area (Å²) in [7, 11) is 1.60. The SMILES string of the molecule is COc1cc([N+](=O)[O-])ccc1NC(=O)C(F)(F)C(F)(F)C(F)(F)C(F)(F)C(=O)Nc1ccc([N+](=O)[O-])cc1OC. The number of alkyl halides is 8. The number of methoxy groups -OCH3 is 2. The van der Waals surface area contributed by atoms with Crippen LogP contribution in [0, 0.1) is 20.2 Å². The highest BCUT2D eigenvalue weighted by Gasteiger charge is 2.84. The summed E-state index contributed by atoms with van der Waals surface area (Å²) >= 11 is 0. The van der Waals surface area contributed by atoms with Crippen LogP contribution in [0.4, 0.5) is 57.9 Å². The van der Waals surface area contributed by atoms with Gasteiger partial charge in [0, 0.05) is 12.1 Å². The number of ether oxygens (including phenoxy) is 2. The zero-order valence-corrected chi connectivity index (χ0v) is 19.6. The number of nitro benzene ring substituents is 2. The number of halogens is 8. The van der Waals surface area contributed by atoms with E-state index >= 15 is 0 Å². The van der Waals surface area contributed by atoms with Gasteiger partial charge in [0.15, 0.2) is 0 Å². The molecule has 12 nitrogen and oxygen atoms in total. The Kier molecular flexibility index (Phi) is 8.46. The first kappa shape index (κ1) is 31.4. The Morgan fingerprint density at radius 3 is 1.23 bits per heavy atom. The molecule has 0 atom stereocenters. The van der Waals surface area contributed by atoms with Gasteiger partial charge in [0.25, 0.3) is 11.4 Å². The number of amides is 2. The maximum absolute atomic E-state index is 14.3. The summed E-state index contributed by atoms with van der Waals surface area (Å²) in [6, 6.07) is 3.22. The predicted octanol–water partition coefficient (Wildman–Crippen LogP) is 4.64. The Balaban J connectivity index is 2.40. The Labute approximate surface area is 216 Å². The number of benzene rings is 2. The molecule has 0 saturated carbocycles. The minimum absolute atomic E-state index is 0.501. The van der Waals surface area contributed by atoms with Crippen LogP contribution in [0.3, 0.4) is 0 Å². The number of nitrogens with one attached hydrogen (secondary N) is 2. The van der Waals surface area contributed by atoms with E-state index in [0.29, 0.717) is 36.4 Å². The molecule has 0 bridgehead atoms. The van der Waals surface area contributed by atoms with Crippen molar-refractivity contribution >= 4 is 34.6 Å². The zero-order valence-electron chi connectivity index (χ0n) is 19.6. The van der Waals surface area contributed by atoms with E-state index in [1.165, 1.54) is 0 Å². The third-order valence-electron chi connectivity index (χ3n) is 5.04. The normalized spacial score (nSPS) is 12.3. The number of nitrogens with zero attached hydrogens (tertiary/aromatic N) is 2. The fraction of sp³-hybridized carbons (Fsp3) is 0.300. The molecular formula is C20H14F8N4O8. The van der Waals surface area contributed by atoms with Gasteiger partial charge in [-0.2, -0.15) is 35.1 Å². The molecule has 20 heteroatoms. The van der Waals surface area contributed by atoms with Gasteiger partial charge in [0.1, 0.15) is 11.5 Å². The van der Waals surface area contributed by atoms with Crippen molar-refractivity contribution < 1.29 is 64.0 Å². The molecule has 0 saturated heterocycles. The highest BCUT2D eigenvalue weighted by molar-refractivity contribution is 6.00. The molecule has 0 heterocycles. The number of non-ortho nitro benzene ring substituents is 2. The van der Waals surface area contributed by atoms with Gasteiger partial charge in [-0.25, -0.2) is 0 Å². The number of carbonyl (C=O) groups excluding carboxylic acids is 2. The van der Waals surface area contributed by atoms with Crippen LogP contribution in [-0.2, 0) is 9.59 Å². The van der Waals surface area contributed by atoms with Crippen molar-refractivity contribution in [1.29, 1.82) is 0 Å². The minimum Gasteiger partial charge on any atom is -0.494 e. The highest BCUT2D eigenvalue weighted by Crippen LogP contribution is 2.53. The van der Waals surface area contributed by atoms with E-state index in [1.807, 2.05) is 0 Å². The van der Waals surface area contributed by atoms with Crippen molar-refractivity contribution in [2.45, 2.75) is 23.7 Å². The van der Waals surface area contributed by atoms with Crippen molar-refractivity contribution in [2.75, 3.05) is 24.9 Å². The van der Waals surface area contributed by atoms with E-state index in [2.05, 4.69) is 9.47 Å². The van der Waals surface area contributed by atoms with E-state index < -0.39 is 79.6 Å². The van der Waals surface area contributed by atoms with Gasteiger partial charge in [-0.15, -0.1) is 0 Å². The first-order valence-corrected chi connectivity index (χ1v) is 10.0. The Morgan fingerprint density at radius 1 is 0.675 bits per heavy atom. The van der Waals surface area contributed by atoms with Crippen LogP contribution in [0.25, 0.3) is 0 Å². The number of hydrogen-bond acceptors (Lipinski definition) is 8. The molecule has 2 aromatic rings. The molecule has 0 aliphatic carbocycles. The van der Waals surface area contributed by atoms with Gasteiger partial charge < -0.3 is 20.1 Å². The summed E-state index contributed by atoms with van der Waals surface area (Å²) in [5.74, 6) is -35.8. The molecule has 2 amide bonds. The van der Waals surface area contributed by atoms with Gasteiger partial charge in [-0.1, -0.05) is 0 Å². The quantitative estimate of drug-likeness (QED) is 0.217. The molecular weight excluding hydrogens is 576 g/mol. The third-order valence-corrected chi connectivity index (χ3v) is 5.04. The van der Waals surface area contributed by atoms with Crippen LogP contribution in [-0.4, -0.2) is 59.6 Å². The number of rotatable bonds is 11. The highest BCUT2D eigenvalue weighted by atomic mass is 19.4. The van der Waals surface area contributed by atoms with E-state index in [-0.39, 0.29) is 0 Å². The van der Waals surface area contributed by atoms with Crippen LogP contribution in [0.1, 0.15) is 0 Å². The molecule has 0 aromatic heterocycles. The summed E-state index contributed by atoms with van der Waals surface area (Å²) in [6.07, 6.45) is 0. The molecule has 0 aliphatic heterocycles. The largest absolute Gasteiger partial charge is 0.494 e. The van der Waals surface area contributed by atoms with Crippen LogP contribution in [0.15, 0.2) is 36.4 Å². The first-order valence-electron chi connectivity index (χ1n) is 10.0. The standard InChI is InChI=1S/C20H14F8N4O8/c1-39-13-7-9(31(35)36)3-5-11(13)29-15(33)17(21,22)19(25,26)20(27,28)18(23,24)16(34)30-12-6-4-10(32(37)38)8-14(12)40-2/h3-8H,1-2H3,(H,29,33)(H,30,34). The van der Waals surface area contributed by atoms with Gasteiger partial charge in [0.05, 0.1) is 47.6 Å². The molecule has 40 heavy (non-hydrogen) atoms. The number of nitro groups is 2. The second-order valence-electron chi connectivity index (χ2n) is 7.49. The maximum Gasteiger partial charge on any atom is 0.393 e.